The highest BCUT2D eigenvalue weighted by Crippen LogP contribution is 2.25. The zero-order chi connectivity index (χ0) is 13.6. The van der Waals surface area contributed by atoms with Gasteiger partial charge in [0.15, 0.2) is 0 Å². The molecule has 2 N–H and O–H groups in total. The van der Waals surface area contributed by atoms with Gasteiger partial charge >= 0.3 is 6.36 Å². The van der Waals surface area contributed by atoms with Crippen LogP contribution in [0.25, 0.3) is 0 Å². The van der Waals surface area contributed by atoms with Crippen molar-refractivity contribution in [1.29, 1.82) is 0 Å². The molecule has 0 spiro atoms. The van der Waals surface area contributed by atoms with Crippen molar-refractivity contribution in [2.75, 3.05) is 13.2 Å². The van der Waals surface area contributed by atoms with Crippen LogP contribution in [0.2, 0.25) is 0 Å². The van der Waals surface area contributed by atoms with E-state index >= 15 is 0 Å². The van der Waals surface area contributed by atoms with Crippen LogP contribution in [0, 0.1) is 0 Å². The van der Waals surface area contributed by atoms with Crippen molar-refractivity contribution in [3.8, 4) is 5.75 Å². The number of hydrogen-bond donors (Lipinski definition) is 2. The Kier molecular flexibility index (Phi) is 5.43. The molecule has 1 aromatic rings. The smallest absolute Gasteiger partial charge is 0.406 e. The van der Waals surface area contributed by atoms with Crippen LogP contribution in [0.1, 0.15) is 24.9 Å². The first-order valence-electron chi connectivity index (χ1n) is 5.62. The van der Waals surface area contributed by atoms with Crippen molar-refractivity contribution in [3.63, 3.8) is 0 Å². The van der Waals surface area contributed by atoms with Crippen LogP contribution >= 0.6 is 0 Å². The van der Waals surface area contributed by atoms with Crippen LogP contribution in [0.15, 0.2) is 24.3 Å². The lowest BCUT2D eigenvalue weighted by Crippen LogP contribution is -2.21. The molecule has 0 radical (unpaired) electrons. The summed E-state index contributed by atoms with van der Waals surface area (Å²) in [5.74, 6) is -0.226. The Hall–Kier alpha value is -1.27. The van der Waals surface area contributed by atoms with E-state index < -0.39 is 6.36 Å². The molecule has 0 heterocycles. The van der Waals surface area contributed by atoms with E-state index in [1.54, 1.807) is 6.07 Å². The van der Waals surface area contributed by atoms with Gasteiger partial charge in [0.2, 0.25) is 0 Å². The topological polar surface area (TPSA) is 41.5 Å². The van der Waals surface area contributed by atoms with Crippen LogP contribution in [-0.2, 0) is 0 Å². The fourth-order valence-electron chi connectivity index (χ4n) is 1.50. The van der Waals surface area contributed by atoms with E-state index in [-0.39, 0.29) is 18.4 Å². The first-order valence-corrected chi connectivity index (χ1v) is 5.62. The second-order valence-electron chi connectivity index (χ2n) is 3.87. The normalized spacial score (nSPS) is 13.4. The van der Waals surface area contributed by atoms with Gasteiger partial charge in [-0.1, -0.05) is 12.1 Å². The Morgan fingerprint density at radius 1 is 1.39 bits per heavy atom. The molecule has 1 rings (SSSR count). The molecule has 102 valence electrons. The summed E-state index contributed by atoms with van der Waals surface area (Å²) in [4.78, 5) is 0. The van der Waals surface area contributed by atoms with Gasteiger partial charge in [0.05, 0.1) is 0 Å². The highest BCUT2D eigenvalue weighted by molar-refractivity contribution is 5.30. The molecule has 3 nitrogen and oxygen atoms in total. The third-order valence-electron chi connectivity index (χ3n) is 2.38. The van der Waals surface area contributed by atoms with Crippen LogP contribution in [0.4, 0.5) is 13.2 Å². The molecule has 0 amide bonds. The van der Waals surface area contributed by atoms with Gasteiger partial charge in [-0.05, 0) is 37.6 Å². The minimum absolute atomic E-state index is 0.0803. The number of rotatable bonds is 6. The lowest BCUT2D eigenvalue weighted by molar-refractivity contribution is -0.274. The second kappa shape index (κ2) is 6.61. The summed E-state index contributed by atoms with van der Waals surface area (Å²) in [6.07, 6.45) is -4.07. The number of nitrogens with one attached hydrogen (secondary N) is 1. The van der Waals surface area contributed by atoms with Crippen LogP contribution < -0.4 is 10.1 Å². The van der Waals surface area contributed by atoms with E-state index in [4.69, 9.17) is 5.11 Å². The molecule has 1 unspecified atom stereocenters. The van der Waals surface area contributed by atoms with E-state index in [1.807, 2.05) is 6.92 Å². The van der Waals surface area contributed by atoms with Gasteiger partial charge < -0.3 is 15.2 Å². The molecule has 0 bridgehead atoms. The number of ether oxygens (including phenoxy) is 1. The molecule has 0 aliphatic carbocycles. The van der Waals surface area contributed by atoms with Gasteiger partial charge in [0.1, 0.15) is 5.75 Å². The Labute approximate surface area is 104 Å². The quantitative estimate of drug-likeness (QED) is 0.775. The second-order valence-corrected chi connectivity index (χ2v) is 3.87. The third-order valence-corrected chi connectivity index (χ3v) is 2.38. The maximum absolute atomic E-state index is 12.1. The minimum atomic E-state index is -4.67. The molecule has 0 saturated carbocycles. The third kappa shape index (κ3) is 5.37. The maximum Gasteiger partial charge on any atom is 0.573 e. The van der Waals surface area contributed by atoms with Gasteiger partial charge in [0.25, 0.3) is 0 Å². The average Bonchev–Trinajstić information content (AvgIpc) is 2.27. The number of aliphatic hydroxyl groups excluding tert-OH is 1. The zero-order valence-corrected chi connectivity index (χ0v) is 10.00. The largest absolute Gasteiger partial charge is 0.573 e. The molecule has 0 fully saturated rings. The van der Waals surface area contributed by atoms with Crippen molar-refractivity contribution in [3.05, 3.63) is 29.8 Å². The Bertz CT molecular complexity index is 369. The van der Waals surface area contributed by atoms with Gasteiger partial charge in [-0.3, -0.25) is 0 Å². The SMILES string of the molecule is CC(NCCCO)c1cccc(OC(F)(F)F)c1. The van der Waals surface area contributed by atoms with Crippen molar-refractivity contribution >= 4 is 0 Å². The summed E-state index contributed by atoms with van der Waals surface area (Å²) >= 11 is 0. The molecule has 1 aromatic carbocycles. The maximum atomic E-state index is 12.1. The van der Waals surface area contributed by atoms with Crippen LogP contribution in [0.3, 0.4) is 0 Å². The molecule has 0 aliphatic rings. The minimum Gasteiger partial charge on any atom is -0.406 e. The van der Waals surface area contributed by atoms with E-state index in [2.05, 4.69) is 10.1 Å². The fourth-order valence-corrected chi connectivity index (χ4v) is 1.50. The summed E-state index contributed by atoms with van der Waals surface area (Å²) in [7, 11) is 0. The number of benzene rings is 1. The van der Waals surface area contributed by atoms with E-state index in [1.165, 1.54) is 18.2 Å². The molecular weight excluding hydrogens is 247 g/mol. The zero-order valence-electron chi connectivity index (χ0n) is 10.00. The number of alkyl halides is 3. The highest BCUT2D eigenvalue weighted by atomic mass is 19.4. The Morgan fingerprint density at radius 2 is 2.11 bits per heavy atom. The van der Waals surface area contributed by atoms with Gasteiger partial charge in [0, 0.05) is 12.6 Å². The lowest BCUT2D eigenvalue weighted by atomic mass is 10.1. The summed E-state index contributed by atoms with van der Waals surface area (Å²) < 4.78 is 40.0. The number of hydrogen-bond acceptors (Lipinski definition) is 3. The molecule has 18 heavy (non-hydrogen) atoms. The predicted molar refractivity (Wildman–Crippen MR) is 61.2 cm³/mol. The first-order chi connectivity index (χ1) is 8.42. The fraction of sp³-hybridized carbons (Fsp3) is 0.500. The molecule has 6 heteroatoms. The first kappa shape index (κ1) is 14.8. The standard InChI is InChI=1S/C12H16F3NO2/c1-9(16-6-3-7-17)10-4-2-5-11(8-10)18-12(13,14)15/h2,4-5,8-9,16-17H,3,6-7H2,1H3. The van der Waals surface area contributed by atoms with Crippen LogP contribution in [-0.4, -0.2) is 24.6 Å². The van der Waals surface area contributed by atoms with E-state index in [0.717, 1.165) is 0 Å². The number of aliphatic hydroxyl groups is 1. The monoisotopic (exact) mass is 263 g/mol. The Balaban J connectivity index is 2.63. The summed E-state index contributed by atoms with van der Waals surface area (Å²) in [6, 6.07) is 5.75. The van der Waals surface area contributed by atoms with E-state index in [0.29, 0.717) is 18.5 Å². The number of halogens is 3. The summed E-state index contributed by atoms with van der Waals surface area (Å²) in [5, 5.41) is 11.7. The molecular formula is C12H16F3NO2. The van der Waals surface area contributed by atoms with Crippen molar-refractivity contribution in [2.45, 2.75) is 25.7 Å². The Morgan fingerprint density at radius 3 is 2.72 bits per heavy atom. The predicted octanol–water partition coefficient (Wildman–Crippen LogP) is 2.62. The lowest BCUT2D eigenvalue weighted by Gasteiger charge is -2.15. The van der Waals surface area contributed by atoms with Gasteiger partial charge in [-0.2, -0.15) is 0 Å². The van der Waals surface area contributed by atoms with Crippen LogP contribution in [0.5, 0.6) is 5.75 Å². The molecule has 0 aliphatic heterocycles. The van der Waals surface area contributed by atoms with Gasteiger partial charge in [-0.15, -0.1) is 13.2 Å². The summed E-state index contributed by atoms with van der Waals surface area (Å²) in [6.45, 7) is 2.52. The van der Waals surface area contributed by atoms with Crippen molar-refractivity contribution in [1.82, 2.24) is 5.32 Å². The molecule has 1 atom stereocenters. The van der Waals surface area contributed by atoms with Crippen molar-refractivity contribution in [2.24, 2.45) is 0 Å². The molecule has 0 aromatic heterocycles. The average molecular weight is 263 g/mol. The summed E-state index contributed by atoms with van der Waals surface area (Å²) in [5.41, 5.74) is 0.703. The molecule has 0 saturated heterocycles. The van der Waals surface area contributed by atoms with Crippen molar-refractivity contribution < 1.29 is 23.0 Å². The van der Waals surface area contributed by atoms with Gasteiger partial charge in [-0.25, -0.2) is 0 Å². The van der Waals surface area contributed by atoms with E-state index in [9.17, 15) is 13.2 Å². The highest BCUT2D eigenvalue weighted by Gasteiger charge is 2.31.